The number of likely N-dealkylation sites (tertiary alicyclic amines) is 1. The average Bonchev–Trinajstić information content (AvgIpc) is 2.61. The van der Waals surface area contributed by atoms with Crippen LogP contribution in [0.1, 0.15) is 18.4 Å². The van der Waals surface area contributed by atoms with E-state index < -0.39 is 25.3 Å². The van der Waals surface area contributed by atoms with Crippen molar-refractivity contribution in [1.29, 1.82) is 0 Å². The van der Waals surface area contributed by atoms with Crippen LogP contribution in [0.15, 0.2) is 43.0 Å². The molecule has 0 spiro atoms. The SMILES string of the molecule is C=CC(=O)N1CCCC(OC(=O)NC(Cc2ccccc2)B(O)O)C1. The molecule has 1 heterocycles. The van der Waals surface area contributed by atoms with E-state index in [1.54, 1.807) is 4.90 Å². The zero-order valence-electron chi connectivity index (χ0n) is 14.0. The third-order valence-electron chi connectivity index (χ3n) is 4.10. The van der Waals surface area contributed by atoms with Crippen LogP contribution < -0.4 is 5.32 Å². The highest BCUT2D eigenvalue weighted by Crippen LogP contribution is 2.14. The van der Waals surface area contributed by atoms with Crippen molar-refractivity contribution in [3.63, 3.8) is 0 Å². The molecular weight excluding hydrogens is 323 g/mol. The van der Waals surface area contributed by atoms with Gasteiger partial charge in [-0.25, -0.2) is 4.79 Å². The number of hydrogen-bond donors (Lipinski definition) is 3. The van der Waals surface area contributed by atoms with Crippen LogP contribution in [0.5, 0.6) is 0 Å². The van der Waals surface area contributed by atoms with Crippen LogP contribution in [-0.4, -0.2) is 59.2 Å². The van der Waals surface area contributed by atoms with Crippen LogP contribution in [0.2, 0.25) is 0 Å². The van der Waals surface area contributed by atoms with Gasteiger partial charge < -0.3 is 25.0 Å². The maximum Gasteiger partial charge on any atom is 0.475 e. The number of nitrogens with one attached hydrogen (secondary N) is 1. The second-order valence-electron chi connectivity index (χ2n) is 6.01. The molecule has 1 aromatic rings. The first-order valence-corrected chi connectivity index (χ1v) is 8.28. The summed E-state index contributed by atoms with van der Waals surface area (Å²) < 4.78 is 5.33. The molecule has 134 valence electrons. The van der Waals surface area contributed by atoms with Crippen LogP contribution in [0, 0.1) is 0 Å². The molecule has 25 heavy (non-hydrogen) atoms. The van der Waals surface area contributed by atoms with Gasteiger partial charge in [-0.05, 0) is 30.9 Å². The summed E-state index contributed by atoms with van der Waals surface area (Å²) >= 11 is 0. The molecule has 3 N–H and O–H groups in total. The zero-order chi connectivity index (χ0) is 18.2. The van der Waals surface area contributed by atoms with Gasteiger partial charge in [0, 0.05) is 6.54 Å². The molecule has 0 aliphatic carbocycles. The number of nitrogens with zero attached hydrogens (tertiary/aromatic N) is 1. The lowest BCUT2D eigenvalue weighted by molar-refractivity contribution is -0.129. The molecule has 2 rings (SSSR count). The lowest BCUT2D eigenvalue weighted by Gasteiger charge is -2.32. The Morgan fingerprint density at radius 3 is 2.76 bits per heavy atom. The van der Waals surface area contributed by atoms with Gasteiger partial charge in [0.15, 0.2) is 0 Å². The summed E-state index contributed by atoms with van der Waals surface area (Å²) in [5, 5.41) is 21.5. The number of alkyl carbamates (subject to hydrolysis) is 1. The van der Waals surface area contributed by atoms with E-state index in [1.807, 2.05) is 30.3 Å². The van der Waals surface area contributed by atoms with Gasteiger partial charge in [-0.3, -0.25) is 4.79 Å². The van der Waals surface area contributed by atoms with E-state index in [0.717, 1.165) is 12.0 Å². The fraction of sp³-hybridized carbons (Fsp3) is 0.412. The molecule has 1 aromatic carbocycles. The van der Waals surface area contributed by atoms with Crippen molar-refractivity contribution < 1.29 is 24.4 Å². The van der Waals surface area contributed by atoms with Gasteiger partial charge in [0.05, 0.1) is 12.5 Å². The first-order chi connectivity index (χ1) is 12.0. The van der Waals surface area contributed by atoms with Crippen LogP contribution in [0.25, 0.3) is 0 Å². The van der Waals surface area contributed by atoms with Crippen LogP contribution >= 0.6 is 0 Å². The Bertz CT molecular complexity index is 596. The van der Waals surface area contributed by atoms with Crippen molar-refractivity contribution in [3.05, 3.63) is 48.6 Å². The fourth-order valence-electron chi connectivity index (χ4n) is 2.80. The van der Waals surface area contributed by atoms with Crippen molar-refractivity contribution >= 4 is 19.1 Å². The van der Waals surface area contributed by atoms with Gasteiger partial charge in [0.25, 0.3) is 0 Å². The number of carbonyl (C=O) groups is 2. The van der Waals surface area contributed by atoms with Crippen LogP contribution in [0.3, 0.4) is 0 Å². The monoisotopic (exact) mass is 346 g/mol. The summed E-state index contributed by atoms with van der Waals surface area (Å²) in [7, 11) is -1.71. The Balaban J connectivity index is 1.88. The summed E-state index contributed by atoms with van der Waals surface area (Å²) in [6.07, 6.45) is 1.73. The minimum absolute atomic E-state index is 0.193. The highest BCUT2D eigenvalue weighted by atomic mass is 16.6. The molecule has 0 aromatic heterocycles. The summed E-state index contributed by atoms with van der Waals surface area (Å²) in [5.41, 5.74) is 0.862. The second kappa shape index (κ2) is 9.24. The van der Waals surface area contributed by atoms with E-state index in [-0.39, 0.29) is 12.3 Å². The topological polar surface area (TPSA) is 99.1 Å². The molecule has 0 radical (unpaired) electrons. The maximum atomic E-state index is 12.1. The third kappa shape index (κ3) is 5.92. The van der Waals surface area contributed by atoms with Crippen LogP contribution in [-0.2, 0) is 16.0 Å². The second-order valence-corrected chi connectivity index (χ2v) is 6.01. The first-order valence-electron chi connectivity index (χ1n) is 8.28. The molecule has 2 unspecified atom stereocenters. The molecule has 0 bridgehead atoms. The number of piperidine rings is 1. The molecule has 2 amide bonds. The summed E-state index contributed by atoms with van der Waals surface area (Å²) in [5.74, 6) is -1.08. The number of hydrogen-bond acceptors (Lipinski definition) is 5. The molecule has 1 aliphatic rings. The third-order valence-corrected chi connectivity index (χ3v) is 4.10. The average molecular weight is 346 g/mol. The number of benzene rings is 1. The van der Waals surface area contributed by atoms with E-state index in [0.29, 0.717) is 19.5 Å². The summed E-state index contributed by atoms with van der Waals surface area (Å²) in [4.78, 5) is 25.3. The van der Waals surface area contributed by atoms with E-state index in [2.05, 4.69) is 11.9 Å². The maximum absolute atomic E-state index is 12.1. The van der Waals surface area contributed by atoms with Gasteiger partial charge in [0.1, 0.15) is 6.10 Å². The molecule has 7 nitrogen and oxygen atoms in total. The highest BCUT2D eigenvalue weighted by Gasteiger charge is 2.29. The zero-order valence-corrected chi connectivity index (χ0v) is 14.0. The Hall–Kier alpha value is -2.32. The van der Waals surface area contributed by atoms with Crippen molar-refractivity contribution in [2.24, 2.45) is 0 Å². The molecule has 1 saturated heterocycles. The molecule has 8 heteroatoms. The normalized spacial score (nSPS) is 18.2. The lowest BCUT2D eigenvalue weighted by atomic mass is 9.76. The van der Waals surface area contributed by atoms with Crippen molar-refractivity contribution in [2.45, 2.75) is 31.3 Å². The number of ether oxygens (including phenoxy) is 1. The van der Waals surface area contributed by atoms with E-state index >= 15 is 0 Å². The Morgan fingerprint density at radius 2 is 2.12 bits per heavy atom. The quantitative estimate of drug-likeness (QED) is 0.515. The predicted octanol–water partition coefficient (Wildman–Crippen LogP) is 0.513. The fourth-order valence-corrected chi connectivity index (χ4v) is 2.80. The van der Waals surface area contributed by atoms with E-state index in [4.69, 9.17) is 4.74 Å². The minimum Gasteiger partial charge on any atom is -0.444 e. The Kier molecular flexibility index (Phi) is 7.03. The molecule has 1 aliphatic heterocycles. The van der Waals surface area contributed by atoms with E-state index in [9.17, 15) is 19.6 Å². The summed E-state index contributed by atoms with van der Waals surface area (Å²) in [6, 6.07) is 9.20. The number of carbonyl (C=O) groups excluding carboxylic acids is 2. The van der Waals surface area contributed by atoms with Gasteiger partial charge in [0.2, 0.25) is 5.91 Å². The lowest BCUT2D eigenvalue weighted by Crippen LogP contribution is -2.50. The predicted molar refractivity (Wildman–Crippen MR) is 93.5 cm³/mol. The Labute approximate surface area is 147 Å². The van der Waals surface area contributed by atoms with Gasteiger partial charge >= 0.3 is 13.2 Å². The molecule has 0 saturated carbocycles. The van der Waals surface area contributed by atoms with Gasteiger partial charge in [-0.1, -0.05) is 36.9 Å². The standard InChI is InChI=1S/C17H23BN2O5/c1-2-16(21)20-10-6-9-14(12-20)25-17(22)19-15(18(23)24)11-13-7-4-3-5-8-13/h2-5,7-8,14-15,23-24H,1,6,9-12H2,(H,19,22). The molecule has 1 fully saturated rings. The van der Waals surface area contributed by atoms with Gasteiger partial charge in [-0.15, -0.1) is 0 Å². The molecule has 2 atom stereocenters. The highest BCUT2D eigenvalue weighted by molar-refractivity contribution is 6.43. The van der Waals surface area contributed by atoms with E-state index in [1.165, 1.54) is 6.08 Å². The molecular formula is C17H23BN2O5. The largest absolute Gasteiger partial charge is 0.475 e. The summed E-state index contributed by atoms with van der Waals surface area (Å²) in [6.45, 7) is 4.37. The minimum atomic E-state index is -1.71. The van der Waals surface area contributed by atoms with Crippen molar-refractivity contribution in [3.8, 4) is 0 Å². The van der Waals surface area contributed by atoms with Crippen LogP contribution in [0.4, 0.5) is 4.79 Å². The Morgan fingerprint density at radius 1 is 1.40 bits per heavy atom. The van der Waals surface area contributed by atoms with Gasteiger partial charge in [-0.2, -0.15) is 0 Å². The smallest absolute Gasteiger partial charge is 0.444 e. The number of amides is 2. The van der Waals surface area contributed by atoms with Crippen molar-refractivity contribution in [2.75, 3.05) is 13.1 Å². The van der Waals surface area contributed by atoms with Crippen molar-refractivity contribution in [1.82, 2.24) is 10.2 Å². The number of rotatable bonds is 6. The first kappa shape index (κ1) is 19.0.